The molecule has 0 aliphatic carbocycles. The van der Waals surface area contributed by atoms with Gasteiger partial charge in [0.15, 0.2) is 5.82 Å². The Morgan fingerprint density at radius 3 is 2.89 bits per heavy atom. The molecule has 4 rings (SSSR count). The molecule has 1 atom stereocenters. The first-order valence-corrected chi connectivity index (χ1v) is 9.53. The van der Waals surface area contributed by atoms with Gasteiger partial charge in [-0.05, 0) is 38.3 Å². The number of nitrogens with zero attached hydrogens (tertiary/aromatic N) is 4. The maximum Gasteiger partial charge on any atom is 0.289 e. The topological polar surface area (TPSA) is 82.2 Å². The van der Waals surface area contributed by atoms with Crippen molar-refractivity contribution in [3.63, 3.8) is 0 Å². The third-order valence-electron chi connectivity index (χ3n) is 5.68. The smallest absolute Gasteiger partial charge is 0.289 e. The van der Waals surface area contributed by atoms with E-state index < -0.39 is 0 Å². The van der Waals surface area contributed by atoms with Crippen LogP contribution in [-0.4, -0.2) is 56.2 Å². The Balaban J connectivity index is 1.48. The lowest BCUT2D eigenvalue weighted by atomic mass is 9.73. The minimum absolute atomic E-state index is 0.0295. The van der Waals surface area contributed by atoms with Gasteiger partial charge in [0.05, 0.1) is 12.2 Å². The Morgan fingerprint density at radius 1 is 1.26 bits per heavy atom. The second kappa shape index (κ2) is 7.13. The quantitative estimate of drug-likeness (QED) is 0.901. The van der Waals surface area contributed by atoms with Crippen LogP contribution in [0.25, 0.3) is 0 Å². The molecule has 0 unspecified atom stereocenters. The van der Waals surface area contributed by atoms with E-state index in [1.165, 1.54) is 0 Å². The number of likely N-dealkylation sites (tertiary alicyclic amines) is 2. The molecule has 1 spiro atoms. The van der Waals surface area contributed by atoms with Crippen LogP contribution in [0, 0.1) is 12.3 Å². The fourth-order valence-electron chi connectivity index (χ4n) is 4.32. The van der Waals surface area contributed by atoms with Crippen molar-refractivity contribution in [2.24, 2.45) is 5.41 Å². The van der Waals surface area contributed by atoms with Crippen molar-refractivity contribution >= 4 is 11.8 Å². The number of pyridine rings is 1. The van der Waals surface area contributed by atoms with Gasteiger partial charge in [0.25, 0.3) is 5.91 Å². The standard InChI is InChI=1S/C20H25N5O2/c1-15-11-22-18(23-15)19(27)24-10-4-7-20(13-24)8-6-17(26)25(14-20)12-16-5-2-3-9-21-16/h2-3,5,9,11H,4,6-8,10,12-14H2,1H3,(H,22,23)/t20-/m1/s1. The molecule has 27 heavy (non-hydrogen) atoms. The van der Waals surface area contributed by atoms with Gasteiger partial charge in [-0.2, -0.15) is 0 Å². The first-order chi connectivity index (χ1) is 13.0. The lowest BCUT2D eigenvalue weighted by Crippen LogP contribution is -2.55. The van der Waals surface area contributed by atoms with E-state index in [-0.39, 0.29) is 17.2 Å². The van der Waals surface area contributed by atoms with Gasteiger partial charge in [0, 0.05) is 49.6 Å². The molecule has 142 valence electrons. The Labute approximate surface area is 158 Å². The summed E-state index contributed by atoms with van der Waals surface area (Å²) in [7, 11) is 0. The number of aryl methyl sites for hydroxylation is 1. The Kier molecular flexibility index (Phi) is 4.68. The van der Waals surface area contributed by atoms with E-state index in [0.717, 1.165) is 37.2 Å². The largest absolute Gasteiger partial charge is 0.338 e. The first kappa shape index (κ1) is 17.7. The fourth-order valence-corrected chi connectivity index (χ4v) is 4.32. The summed E-state index contributed by atoms with van der Waals surface area (Å²) in [4.78, 5) is 40.7. The van der Waals surface area contributed by atoms with Gasteiger partial charge >= 0.3 is 0 Å². The summed E-state index contributed by atoms with van der Waals surface area (Å²) in [6.07, 6.45) is 6.81. The number of aromatic nitrogens is 3. The Bertz CT molecular complexity index is 834. The van der Waals surface area contributed by atoms with Gasteiger partial charge in [-0.25, -0.2) is 4.98 Å². The van der Waals surface area contributed by atoms with Gasteiger partial charge in [0.2, 0.25) is 5.91 Å². The van der Waals surface area contributed by atoms with Crippen LogP contribution in [0.5, 0.6) is 0 Å². The summed E-state index contributed by atoms with van der Waals surface area (Å²) < 4.78 is 0. The molecule has 2 saturated heterocycles. The monoisotopic (exact) mass is 367 g/mol. The molecule has 0 bridgehead atoms. The van der Waals surface area contributed by atoms with Gasteiger partial charge in [-0.3, -0.25) is 14.6 Å². The van der Waals surface area contributed by atoms with Crippen molar-refractivity contribution in [1.82, 2.24) is 24.8 Å². The number of hydrogen-bond donors (Lipinski definition) is 1. The highest BCUT2D eigenvalue weighted by atomic mass is 16.2. The van der Waals surface area contributed by atoms with Crippen molar-refractivity contribution < 1.29 is 9.59 Å². The molecule has 2 fully saturated rings. The molecule has 7 heteroatoms. The summed E-state index contributed by atoms with van der Waals surface area (Å²) in [5, 5.41) is 0. The third kappa shape index (κ3) is 3.72. The second-order valence-corrected chi connectivity index (χ2v) is 7.82. The van der Waals surface area contributed by atoms with Crippen LogP contribution in [0.4, 0.5) is 0 Å². The molecule has 0 radical (unpaired) electrons. The molecule has 2 aliphatic heterocycles. The summed E-state index contributed by atoms with van der Waals surface area (Å²) in [5.74, 6) is 0.536. The number of rotatable bonds is 3. The summed E-state index contributed by atoms with van der Waals surface area (Å²) >= 11 is 0. The average molecular weight is 367 g/mol. The molecular formula is C20H25N5O2. The summed E-state index contributed by atoms with van der Waals surface area (Å²) in [5.41, 5.74) is 1.76. The fraction of sp³-hybridized carbons (Fsp3) is 0.500. The molecule has 2 aromatic heterocycles. The number of nitrogens with one attached hydrogen (secondary N) is 1. The van der Waals surface area contributed by atoms with E-state index >= 15 is 0 Å². The number of H-pyrrole nitrogens is 1. The Hall–Kier alpha value is -2.70. The first-order valence-electron chi connectivity index (χ1n) is 9.53. The van der Waals surface area contributed by atoms with Gasteiger partial charge < -0.3 is 14.8 Å². The maximum atomic E-state index is 12.8. The van der Waals surface area contributed by atoms with E-state index in [9.17, 15) is 9.59 Å². The lowest BCUT2D eigenvalue weighted by molar-refractivity contribution is -0.139. The molecule has 4 heterocycles. The minimum atomic E-state index is -0.0460. The SMILES string of the molecule is Cc1cnc(C(=O)N2CCC[C@@]3(CCC(=O)N(Cc4ccccn4)C3)C2)[nH]1. The molecule has 0 aromatic carbocycles. The molecule has 7 nitrogen and oxygen atoms in total. The number of carbonyl (C=O) groups is 2. The zero-order valence-corrected chi connectivity index (χ0v) is 15.6. The molecule has 1 N–H and O–H groups in total. The number of aromatic amines is 1. The van der Waals surface area contributed by atoms with Crippen molar-refractivity contribution in [2.75, 3.05) is 19.6 Å². The van der Waals surface area contributed by atoms with E-state index in [0.29, 0.717) is 31.9 Å². The highest BCUT2D eigenvalue weighted by molar-refractivity contribution is 5.90. The summed E-state index contributed by atoms with van der Waals surface area (Å²) in [6.45, 7) is 4.53. The highest BCUT2D eigenvalue weighted by Crippen LogP contribution is 2.39. The van der Waals surface area contributed by atoms with Crippen molar-refractivity contribution in [3.8, 4) is 0 Å². The highest BCUT2D eigenvalue weighted by Gasteiger charge is 2.43. The van der Waals surface area contributed by atoms with E-state index in [4.69, 9.17) is 0 Å². The third-order valence-corrected chi connectivity index (χ3v) is 5.68. The van der Waals surface area contributed by atoms with Crippen LogP contribution in [0.2, 0.25) is 0 Å². The van der Waals surface area contributed by atoms with Crippen molar-refractivity contribution in [2.45, 2.75) is 39.2 Å². The number of piperidine rings is 2. The average Bonchev–Trinajstić information content (AvgIpc) is 3.12. The predicted molar refractivity (Wildman–Crippen MR) is 99.8 cm³/mol. The molecule has 0 saturated carbocycles. The second-order valence-electron chi connectivity index (χ2n) is 7.82. The zero-order chi connectivity index (χ0) is 18.9. The zero-order valence-electron chi connectivity index (χ0n) is 15.6. The van der Waals surface area contributed by atoms with Gasteiger partial charge in [-0.15, -0.1) is 0 Å². The predicted octanol–water partition coefficient (Wildman–Crippen LogP) is 2.16. The van der Waals surface area contributed by atoms with Crippen LogP contribution in [0.15, 0.2) is 30.6 Å². The number of imidazole rings is 1. The van der Waals surface area contributed by atoms with Crippen molar-refractivity contribution in [1.29, 1.82) is 0 Å². The molecular weight excluding hydrogens is 342 g/mol. The molecule has 2 aliphatic rings. The molecule has 2 amide bonds. The number of hydrogen-bond acceptors (Lipinski definition) is 4. The normalized spacial score (nSPS) is 23.1. The van der Waals surface area contributed by atoms with Crippen LogP contribution in [-0.2, 0) is 11.3 Å². The van der Waals surface area contributed by atoms with Crippen molar-refractivity contribution in [3.05, 3.63) is 47.8 Å². The lowest BCUT2D eigenvalue weighted by Gasteiger charge is -2.48. The van der Waals surface area contributed by atoms with Gasteiger partial charge in [0.1, 0.15) is 0 Å². The maximum absolute atomic E-state index is 12.8. The summed E-state index contributed by atoms with van der Waals surface area (Å²) in [6, 6.07) is 5.77. The van der Waals surface area contributed by atoms with E-state index in [1.807, 2.05) is 34.9 Å². The number of carbonyl (C=O) groups excluding carboxylic acids is 2. The number of amides is 2. The van der Waals surface area contributed by atoms with E-state index in [2.05, 4.69) is 15.0 Å². The van der Waals surface area contributed by atoms with Crippen LogP contribution < -0.4 is 0 Å². The minimum Gasteiger partial charge on any atom is -0.338 e. The van der Waals surface area contributed by atoms with Crippen LogP contribution in [0.3, 0.4) is 0 Å². The van der Waals surface area contributed by atoms with Crippen LogP contribution in [0.1, 0.15) is 47.7 Å². The van der Waals surface area contributed by atoms with E-state index in [1.54, 1.807) is 12.4 Å². The Morgan fingerprint density at radius 2 is 2.15 bits per heavy atom. The van der Waals surface area contributed by atoms with Crippen LogP contribution >= 0.6 is 0 Å². The van der Waals surface area contributed by atoms with Gasteiger partial charge in [-0.1, -0.05) is 6.07 Å². The molecule has 2 aromatic rings.